The molecule has 0 aromatic carbocycles. The number of carbonyl (C=O) groups excluding carboxylic acids is 1. The molecule has 0 spiro atoms. The fourth-order valence-corrected chi connectivity index (χ4v) is 4.04. The molecule has 4 heteroatoms. The van der Waals surface area contributed by atoms with Crippen LogP contribution >= 0.6 is 11.8 Å². The topological polar surface area (TPSA) is 55.1 Å². The first-order valence-electron chi connectivity index (χ1n) is 6.86. The Hall–Kier alpha value is -0.220. The Morgan fingerprint density at radius 3 is 2.47 bits per heavy atom. The summed E-state index contributed by atoms with van der Waals surface area (Å²) < 4.78 is 0. The zero-order valence-corrected chi connectivity index (χ0v) is 11.4. The van der Waals surface area contributed by atoms with Gasteiger partial charge in [0.05, 0.1) is 5.41 Å². The van der Waals surface area contributed by atoms with E-state index < -0.39 is 0 Å². The van der Waals surface area contributed by atoms with Gasteiger partial charge in [0.2, 0.25) is 5.91 Å². The fraction of sp³-hybridized carbons (Fsp3) is 0.923. The van der Waals surface area contributed by atoms with E-state index in [1.807, 2.05) is 11.8 Å². The average Bonchev–Trinajstić information content (AvgIpc) is 2.40. The highest BCUT2D eigenvalue weighted by Gasteiger charge is 2.38. The highest BCUT2D eigenvalue weighted by molar-refractivity contribution is 7.99. The lowest BCUT2D eigenvalue weighted by atomic mass is 9.73. The molecule has 2 fully saturated rings. The van der Waals surface area contributed by atoms with E-state index in [1.54, 1.807) is 0 Å². The summed E-state index contributed by atoms with van der Waals surface area (Å²) in [4.78, 5) is 12.4. The van der Waals surface area contributed by atoms with Crippen LogP contribution in [0.25, 0.3) is 0 Å². The molecule has 2 rings (SSSR count). The van der Waals surface area contributed by atoms with Crippen LogP contribution in [0.3, 0.4) is 0 Å². The minimum atomic E-state index is -0.247. The van der Waals surface area contributed by atoms with Crippen LogP contribution in [-0.4, -0.2) is 30.0 Å². The van der Waals surface area contributed by atoms with Crippen LogP contribution in [0, 0.1) is 5.41 Å². The van der Waals surface area contributed by atoms with Crippen molar-refractivity contribution in [3.05, 3.63) is 0 Å². The first kappa shape index (κ1) is 13.2. The third-order valence-corrected chi connectivity index (χ3v) is 5.29. The molecule has 17 heavy (non-hydrogen) atoms. The monoisotopic (exact) mass is 256 g/mol. The largest absolute Gasteiger partial charge is 0.353 e. The zero-order valence-electron chi connectivity index (χ0n) is 10.5. The van der Waals surface area contributed by atoms with Gasteiger partial charge in [0.1, 0.15) is 0 Å². The molecule has 3 nitrogen and oxygen atoms in total. The first-order chi connectivity index (χ1) is 8.27. The normalized spacial score (nSPS) is 25.5. The molecule has 1 heterocycles. The molecule has 0 unspecified atom stereocenters. The summed E-state index contributed by atoms with van der Waals surface area (Å²) in [6.07, 6.45) is 7.78. The molecule has 1 aliphatic carbocycles. The average molecular weight is 256 g/mol. The second kappa shape index (κ2) is 6.10. The van der Waals surface area contributed by atoms with E-state index in [4.69, 9.17) is 5.73 Å². The molecule has 0 radical (unpaired) electrons. The van der Waals surface area contributed by atoms with Crippen LogP contribution in [-0.2, 0) is 4.79 Å². The Kier molecular flexibility index (Phi) is 4.74. The van der Waals surface area contributed by atoms with Gasteiger partial charge in [-0.1, -0.05) is 19.3 Å². The molecular weight excluding hydrogens is 232 g/mol. The summed E-state index contributed by atoms with van der Waals surface area (Å²) >= 11 is 1.99. The summed E-state index contributed by atoms with van der Waals surface area (Å²) in [5, 5.41) is 3.25. The Morgan fingerprint density at radius 1 is 1.24 bits per heavy atom. The van der Waals surface area contributed by atoms with Gasteiger partial charge in [0.15, 0.2) is 0 Å². The summed E-state index contributed by atoms with van der Waals surface area (Å²) in [5.41, 5.74) is 5.63. The van der Waals surface area contributed by atoms with E-state index in [0.29, 0.717) is 12.6 Å². The lowest BCUT2D eigenvalue weighted by Crippen LogP contribution is -2.50. The maximum Gasteiger partial charge on any atom is 0.227 e. The van der Waals surface area contributed by atoms with Crippen LogP contribution in [0.2, 0.25) is 0 Å². The van der Waals surface area contributed by atoms with Crippen molar-refractivity contribution in [1.82, 2.24) is 5.32 Å². The van der Waals surface area contributed by atoms with Crippen LogP contribution in [0.5, 0.6) is 0 Å². The van der Waals surface area contributed by atoms with Gasteiger partial charge in [0.25, 0.3) is 0 Å². The first-order valence-corrected chi connectivity index (χ1v) is 8.01. The third-order valence-electron chi connectivity index (χ3n) is 4.24. The number of amides is 1. The lowest BCUT2D eigenvalue weighted by molar-refractivity contribution is -0.133. The molecule has 0 atom stereocenters. The molecule has 1 saturated carbocycles. The number of hydrogen-bond acceptors (Lipinski definition) is 3. The lowest BCUT2D eigenvalue weighted by Gasteiger charge is -2.36. The number of thioether (sulfide) groups is 1. The summed E-state index contributed by atoms with van der Waals surface area (Å²) in [6.45, 7) is 0.514. The molecule has 1 saturated heterocycles. The van der Waals surface area contributed by atoms with Crippen molar-refractivity contribution < 1.29 is 4.79 Å². The van der Waals surface area contributed by atoms with Gasteiger partial charge in [0, 0.05) is 12.6 Å². The second-order valence-electron chi connectivity index (χ2n) is 5.41. The maximum absolute atomic E-state index is 12.4. The van der Waals surface area contributed by atoms with Crippen molar-refractivity contribution in [2.24, 2.45) is 11.1 Å². The molecule has 0 aromatic rings. The molecule has 1 aliphatic heterocycles. The highest BCUT2D eigenvalue weighted by Crippen LogP contribution is 2.36. The van der Waals surface area contributed by atoms with Gasteiger partial charge >= 0.3 is 0 Å². The van der Waals surface area contributed by atoms with E-state index in [2.05, 4.69) is 5.32 Å². The maximum atomic E-state index is 12.4. The Labute approximate surface area is 108 Å². The van der Waals surface area contributed by atoms with Gasteiger partial charge in [-0.15, -0.1) is 0 Å². The minimum absolute atomic E-state index is 0.233. The van der Waals surface area contributed by atoms with Gasteiger partial charge in [-0.2, -0.15) is 11.8 Å². The van der Waals surface area contributed by atoms with Crippen molar-refractivity contribution >= 4 is 17.7 Å². The van der Waals surface area contributed by atoms with Crippen molar-refractivity contribution in [2.75, 3.05) is 18.1 Å². The number of hydrogen-bond donors (Lipinski definition) is 2. The van der Waals surface area contributed by atoms with E-state index in [1.165, 1.54) is 17.9 Å². The minimum Gasteiger partial charge on any atom is -0.353 e. The second-order valence-corrected chi connectivity index (χ2v) is 6.63. The molecule has 98 valence electrons. The Bertz CT molecular complexity index is 258. The van der Waals surface area contributed by atoms with Crippen molar-refractivity contribution in [2.45, 2.75) is 51.0 Å². The van der Waals surface area contributed by atoms with E-state index in [9.17, 15) is 4.79 Å². The predicted molar refractivity (Wildman–Crippen MR) is 73.1 cm³/mol. The smallest absolute Gasteiger partial charge is 0.227 e. The number of carbonyl (C=O) groups is 1. The van der Waals surface area contributed by atoms with Crippen molar-refractivity contribution in [3.8, 4) is 0 Å². The molecular formula is C13H24N2OS. The van der Waals surface area contributed by atoms with Gasteiger partial charge < -0.3 is 11.1 Å². The molecule has 0 aromatic heterocycles. The highest BCUT2D eigenvalue weighted by atomic mass is 32.2. The van der Waals surface area contributed by atoms with E-state index in [-0.39, 0.29) is 11.3 Å². The SMILES string of the molecule is NCC1(C(=O)NC2CCSCC2)CCCCC1. The van der Waals surface area contributed by atoms with Gasteiger partial charge in [-0.05, 0) is 37.2 Å². The standard InChI is InChI=1S/C13H24N2OS/c14-10-13(6-2-1-3-7-13)12(16)15-11-4-8-17-9-5-11/h11H,1-10,14H2,(H,15,16). The Morgan fingerprint density at radius 2 is 1.88 bits per heavy atom. The van der Waals surface area contributed by atoms with E-state index in [0.717, 1.165) is 38.5 Å². The van der Waals surface area contributed by atoms with Crippen LogP contribution in [0.4, 0.5) is 0 Å². The number of rotatable bonds is 3. The van der Waals surface area contributed by atoms with Gasteiger partial charge in [-0.25, -0.2) is 0 Å². The summed E-state index contributed by atoms with van der Waals surface area (Å²) in [6, 6.07) is 0.397. The van der Waals surface area contributed by atoms with Crippen molar-refractivity contribution in [3.63, 3.8) is 0 Å². The van der Waals surface area contributed by atoms with Crippen LogP contribution < -0.4 is 11.1 Å². The number of nitrogens with one attached hydrogen (secondary N) is 1. The molecule has 0 bridgehead atoms. The molecule has 1 amide bonds. The predicted octanol–water partition coefficient (Wildman–Crippen LogP) is 1.91. The Balaban J connectivity index is 1.91. The quantitative estimate of drug-likeness (QED) is 0.811. The van der Waals surface area contributed by atoms with Crippen LogP contribution in [0.1, 0.15) is 44.9 Å². The van der Waals surface area contributed by atoms with Gasteiger partial charge in [-0.3, -0.25) is 4.79 Å². The third kappa shape index (κ3) is 3.16. The molecule has 3 N–H and O–H groups in total. The zero-order chi connectivity index (χ0) is 12.1. The van der Waals surface area contributed by atoms with E-state index >= 15 is 0 Å². The fourth-order valence-electron chi connectivity index (χ4n) is 2.93. The molecule has 2 aliphatic rings. The van der Waals surface area contributed by atoms with Crippen molar-refractivity contribution in [1.29, 1.82) is 0 Å². The number of nitrogens with two attached hydrogens (primary N) is 1. The van der Waals surface area contributed by atoms with Crippen LogP contribution in [0.15, 0.2) is 0 Å². The summed E-state index contributed by atoms with van der Waals surface area (Å²) in [7, 11) is 0. The summed E-state index contributed by atoms with van der Waals surface area (Å²) in [5.74, 6) is 2.60.